The Balaban J connectivity index is 0.000000356. The second kappa shape index (κ2) is 33.8. The molecule has 3 unspecified atom stereocenters. The summed E-state index contributed by atoms with van der Waals surface area (Å²) in [7, 11) is -7.99. The molecule has 85 heavy (non-hydrogen) atoms. The van der Waals surface area contributed by atoms with Crippen molar-refractivity contribution in [3.63, 3.8) is 0 Å². The molecule has 0 radical (unpaired) electrons. The van der Waals surface area contributed by atoms with Crippen molar-refractivity contribution in [2.45, 2.75) is 190 Å². The van der Waals surface area contributed by atoms with Gasteiger partial charge in [0.2, 0.25) is 20.0 Å². The van der Waals surface area contributed by atoms with Crippen molar-refractivity contribution in [1.29, 1.82) is 10.5 Å². The molecule has 7 rings (SSSR count). The number of carbonyl (C=O) groups is 2. The highest BCUT2D eigenvalue weighted by atomic mass is 32.2. The zero-order valence-corrected chi connectivity index (χ0v) is 51.8. The highest BCUT2D eigenvalue weighted by molar-refractivity contribution is 7.89. The lowest BCUT2D eigenvalue weighted by Gasteiger charge is -2.41. The molecule has 3 aliphatic rings. The van der Waals surface area contributed by atoms with Gasteiger partial charge >= 0.3 is 12.2 Å². The summed E-state index contributed by atoms with van der Waals surface area (Å²) >= 11 is 0. The summed E-state index contributed by atoms with van der Waals surface area (Å²) in [6.45, 7) is 9.89. The van der Waals surface area contributed by atoms with Crippen LogP contribution in [0.4, 0.5) is 9.59 Å². The lowest BCUT2D eigenvalue weighted by atomic mass is 9.71. The van der Waals surface area contributed by atoms with Crippen LogP contribution in [0.2, 0.25) is 0 Å². The molecule has 468 valence electrons. The number of ether oxygens (including phenoxy) is 3. The average molecular weight is 1220 g/mol. The van der Waals surface area contributed by atoms with Crippen LogP contribution in [0.3, 0.4) is 0 Å². The summed E-state index contributed by atoms with van der Waals surface area (Å²) in [4.78, 5) is 25.9. The van der Waals surface area contributed by atoms with Crippen molar-refractivity contribution < 1.29 is 61.8 Å². The van der Waals surface area contributed by atoms with E-state index in [-0.39, 0.29) is 70.3 Å². The number of amides is 2. The highest BCUT2D eigenvalue weighted by Gasteiger charge is 2.42. The van der Waals surface area contributed by atoms with Crippen LogP contribution in [0.1, 0.15) is 139 Å². The molecule has 5 atom stereocenters. The molecule has 2 saturated carbocycles. The third-order valence-corrected chi connectivity index (χ3v) is 19.8. The van der Waals surface area contributed by atoms with Gasteiger partial charge in [-0.05, 0) is 132 Å². The largest absolute Gasteiger partial charge is 0.444 e. The van der Waals surface area contributed by atoms with E-state index in [1.807, 2.05) is 74.5 Å². The first-order chi connectivity index (χ1) is 39.5. The number of alkyl carbamates (subject to hydrolysis) is 2. The van der Waals surface area contributed by atoms with Crippen LogP contribution in [0.5, 0.6) is 0 Å². The molecule has 1 aliphatic heterocycles. The Morgan fingerprint density at radius 3 is 1.38 bits per heavy atom. The maximum Gasteiger partial charge on any atom is 0.407 e. The van der Waals surface area contributed by atoms with E-state index in [4.69, 9.17) is 14.2 Å². The first-order valence-electron chi connectivity index (χ1n) is 29.4. The van der Waals surface area contributed by atoms with Crippen LogP contribution < -0.4 is 10.6 Å². The van der Waals surface area contributed by atoms with Gasteiger partial charge in [-0.15, -0.1) is 0 Å². The van der Waals surface area contributed by atoms with Crippen molar-refractivity contribution in [3.8, 4) is 12.1 Å². The van der Waals surface area contributed by atoms with Crippen molar-refractivity contribution in [2.24, 2.45) is 10.8 Å². The molecule has 2 amide bonds. The number of carbonyl (C=O) groups excluding carboxylic acids is 2. The maximum absolute atomic E-state index is 14.1. The Morgan fingerprint density at radius 1 is 0.635 bits per heavy atom. The molecule has 8 N–H and O–H groups in total. The topological polar surface area (TPSA) is 312 Å². The van der Waals surface area contributed by atoms with Gasteiger partial charge in [0.25, 0.3) is 0 Å². The summed E-state index contributed by atoms with van der Waals surface area (Å²) < 4.78 is 75.5. The first kappa shape index (κ1) is 71.5. The molecule has 4 aromatic carbocycles. The predicted molar refractivity (Wildman–Crippen MR) is 326 cm³/mol. The van der Waals surface area contributed by atoms with Crippen LogP contribution >= 0.6 is 0 Å². The molecular weight excluding hydrogens is 1120 g/mol. The Hall–Kier alpha value is -5.98. The van der Waals surface area contributed by atoms with E-state index in [1.165, 1.54) is 8.61 Å². The maximum atomic E-state index is 14.1. The summed E-state index contributed by atoms with van der Waals surface area (Å²) in [6, 6.07) is 35.2. The summed E-state index contributed by atoms with van der Waals surface area (Å²) in [5, 5.41) is 47.6. The fourth-order valence-corrected chi connectivity index (χ4v) is 14.7. The lowest BCUT2D eigenvalue weighted by molar-refractivity contribution is 0.0376. The summed E-state index contributed by atoms with van der Waals surface area (Å²) in [5.74, 6) is 0. The predicted octanol–water partition coefficient (Wildman–Crippen LogP) is 8.81. The minimum atomic E-state index is -4.00. The normalized spacial score (nSPS) is 18.0. The van der Waals surface area contributed by atoms with Crippen LogP contribution in [0.25, 0.3) is 0 Å². The second-order valence-corrected chi connectivity index (χ2v) is 27.9. The van der Waals surface area contributed by atoms with E-state index in [0.717, 1.165) is 86.5 Å². The van der Waals surface area contributed by atoms with E-state index in [2.05, 4.69) is 22.8 Å². The quantitative estimate of drug-likeness (QED) is 0.0483. The van der Waals surface area contributed by atoms with E-state index in [0.29, 0.717) is 51.7 Å². The van der Waals surface area contributed by atoms with E-state index in [1.54, 1.807) is 69.3 Å². The zero-order valence-electron chi connectivity index (χ0n) is 50.2. The number of hydrogen-bond donors (Lipinski definition) is 4. The summed E-state index contributed by atoms with van der Waals surface area (Å²) in [6.07, 6.45) is 8.28. The van der Waals surface area contributed by atoms with Gasteiger partial charge in [0, 0.05) is 45.4 Å². The molecule has 0 spiro atoms. The number of sulfonamides is 2. The minimum absolute atomic E-state index is 0. The molecule has 4 aromatic rings. The number of aryl methyl sites for hydroxylation is 2. The van der Waals surface area contributed by atoms with Crippen molar-refractivity contribution >= 4 is 32.2 Å². The van der Waals surface area contributed by atoms with Gasteiger partial charge in [-0.25, -0.2) is 26.4 Å². The van der Waals surface area contributed by atoms with Crippen LogP contribution in [0.15, 0.2) is 119 Å². The lowest BCUT2D eigenvalue weighted by Crippen LogP contribution is -2.53. The number of benzene rings is 4. The Labute approximate surface area is 504 Å². The monoisotopic (exact) mass is 1220 g/mol. The van der Waals surface area contributed by atoms with E-state index in [9.17, 15) is 47.2 Å². The zero-order chi connectivity index (χ0) is 60.1. The van der Waals surface area contributed by atoms with Crippen LogP contribution in [-0.4, -0.2) is 134 Å². The number of aliphatic hydroxyl groups excluding tert-OH is 2. The fourth-order valence-electron chi connectivity index (χ4n) is 11.6. The van der Waals surface area contributed by atoms with E-state index < -0.39 is 62.1 Å². The molecule has 1 saturated heterocycles. The second-order valence-electron chi connectivity index (χ2n) is 24.1. The molecule has 1 heterocycles. The third-order valence-electron chi connectivity index (χ3n) is 16.2. The van der Waals surface area contributed by atoms with Gasteiger partial charge in [-0.3, -0.25) is 0 Å². The average Bonchev–Trinajstić information content (AvgIpc) is 2.83. The van der Waals surface area contributed by atoms with Crippen molar-refractivity contribution in [1.82, 2.24) is 19.2 Å². The number of nitrogens with one attached hydrogen (secondary N) is 2. The Morgan fingerprint density at radius 2 is 1.02 bits per heavy atom. The number of nitriles is 2. The fraction of sp³-hybridized carbons (Fsp3) is 0.562. The first-order valence-corrected chi connectivity index (χ1v) is 32.3. The third kappa shape index (κ3) is 22.4. The summed E-state index contributed by atoms with van der Waals surface area (Å²) in [5.41, 5.74) is 2.22. The van der Waals surface area contributed by atoms with Gasteiger partial charge in [-0.2, -0.15) is 19.1 Å². The van der Waals surface area contributed by atoms with Gasteiger partial charge in [0.15, 0.2) is 0 Å². The molecule has 0 bridgehead atoms. The number of aliphatic hydroxyl groups is 2. The smallest absolute Gasteiger partial charge is 0.407 e. The van der Waals surface area contributed by atoms with Crippen molar-refractivity contribution in [2.75, 3.05) is 39.4 Å². The van der Waals surface area contributed by atoms with Gasteiger partial charge < -0.3 is 46.0 Å². The molecule has 3 fully saturated rings. The Kier molecular flexibility index (Phi) is 28.4. The van der Waals surface area contributed by atoms with Gasteiger partial charge in [0.1, 0.15) is 11.7 Å². The van der Waals surface area contributed by atoms with E-state index >= 15 is 0 Å². The molecule has 2 aliphatic carbocycles. The molecule has 21 heteroatoms. The minimum Gasteiger partial charge on any atom is -0.444 e. The standard InChI is InChI=1S/C32H43N3O6S.C32H45N3O5S.2H2O/c1-25-11-13-28(14-12-25)42(38,39)35(24-32(18-8-19-33)16-6-3-7-17-32)22-30(36)29(21-26-9-4-2-5-10-26)34-31(37)41-27-15-20-40-23-27;1-25-14-16-27(17-15-25)41(38,39)35(24-32(20-11-21-33)18-9-6-10-19-32)23-29(36)28(22-26-12-7-5-8-13-26)34-30(37)40-31(2,3)4;;/h2,4-5,9-14,27,29-30,36H,3,6-8,15-18,20-24H2,1H3,(H,34,37);5,7-8,12-17,28-29,36H,6,9-11,18-20,22-24H2,1-4H3,(H,34,37);2*1H2/t27?,29-,30?;28-,29?;;/m00../s1. The van der Waals surface area contributed by atoms with Gasteiger partial charge in [0.05, 0.1) is 59.4 Å². The van der Waals surface area contributed by atoms with Gasteiger partial charge in [-0.1, -0.05) is 135 Å². The number of hydrogen-bond acceptors (Lipinski definition) is 13. The van der Waals surface area contributed by atoms with Crippen molar-refractivity contribution in [3.05, 3.63) is 131 Å². The Bertz CT molecular complexity index is 2950. The van der Waals surface area contributed by atoms with Crippen LogP contribution in [0, 0.1) is 47.3 Å². The molecule has 0 aromatic heterocycles. The molecule has 19 nitrogen and oxygen atoms in total. The van der Waals surface area contributed by atoms with Crippen LogP contribution in [-0.2, 0) is 47.1 Å². The highest BCUT2D eigenvalue weighted by Crippen LogP contribution is 2.43. The number of rotatable bonds is 25. The number of nitrogens with zero attached hydrogens (tertiary/aromatic N) is 4. The SMILES string of the molecule is Cc1ccc(S(=O)(=O)N(CC(O)[C@H](Cc2ccccc2)NC(=O)OC(C)(C)C)CC2(CCC#N)CCCCC2)cc1.Cc1ccc(S(=O)(=O)N(CC(O)[C@H](Cc2ccccc2)NC(=O)OC2CCOC2)CC2(CCC#N)CCCCC2)cc1.O.O. The molecular formula is C64H92N6O13S2.